The minimum Gasteiger partial charge on any atom is -0.383 e. The number of carbonyl (C=O) groups is 2. The fraction of sp³-hybridized carbons (Fsp3) is 0.556. The molecule has 7 nitrogen and oxygen atoms in total. The van der Waals surface area contributed by atoms with Crippen LogP contribution in [0.1, 0.15) is 9.80 Å². The van der Waals surface area contributed by atoms with Crippen molar-refractivity contribution in [3.8, 4) is 0 Å². The quantitative estimate of drug-likeness (QED) is 0.748. The van der Waals surface area contributed by atoms with Crippen LogP contribution < -0.4 is 5.32 Å². The maximum atomic E-state index is 11.8. The predicted octanol–water partition coefficient (Wildman–Crippen LogP) is 0.0261. The Morgan fingerprint density at radius 1 is 1.50 bits per heavy atom. The first-order valence-corrected chi connectivity index (χ1v) is 6.24. The molecule has 1 rings (SSSR count). The normalized spacial score (nSPS) is 10.2. The molecule has 0 aliphatic rings. The summed E-state index contributed by atoms with van der Waals surface area (Å²) in [6, 6.07) is 0. The summed E-state index contributed by atoms with van der Waals surface area (Å²) >= 11 is 6.55. The van der Waals surface area contributed by atoms with E-state index in [9.17, 15) is 9.59 Å². The minimum absolute atomic E-state index is 0.0558. The summed E-state index contributed by atoms with van der Waals surface area (Å²) in [7, 11) is 3.05. The third-order valence-electron chi connectivity index (χ3n) is 1.94. The van der Waals surface area contributed by atoms with Gasteiger partial charge in [-0.15, -0.1) is 10.2 Å². The van der Waals surface area contributed by atoms with Gasteiger partial charge in [0.25, 0.3) is 5.91 Å². The van der Waals surface area contributed by atoms with Crippen molar-refractivity contribution >= 4 is 34.8 Å². The number of aromatic nitrogens is 2. The molecule has 0 aliphatic carbocycles. The highest BCUT2D eigenvalue weighted by Gasteiger charge is 2.18. The van der Waals surface area contributed by atoms with E-state index in [-0.39, 0.29) is 27.8 Å². The monoisotopic (exact) mass is 292 g/mol. The standard InChI is InChI=1S/C9H13ClN4O3S/c1-14(5-6(15)11-3-4-17-2)8(16)7-12-13-9(10)18-7/h3-5H2,1-2H3,(H,11,15). The number of carbonyl (C=O) groups excluding carboxylic acids is 2. The van der Waals surface area contributed by atoms with E-state index in [1.54, 1.807) is 7.11 Å². The van der Waals surface area contributed by atoms with E-state index in [1.807, 2.05) is 0 Å². The van der Waals surface area contributed by atoms with E-state index in [2.05, 4.69) is 15.5 Å². The average Bonchev–Trinajstić information content (AvgIpc) is 2.75. The summed E-state index contributed by atoms with van der Waals surface area (Å²) in [6.45, 7) is 0.775. The van der Waals surface area contributed by atoms with Gasteiger partial charge in [-0.1, -0.05) is 11.3 Å². The molecular weight excluding hydrogens is 280 g/mol. The SMILES string of the molecule is COCCNC(=O)CN(C)C(=O)c1nnc(Cl)s1. The third kappa shape index (κ3) is 4.55. The first-order valence-electron chi connectivity index (χ1n) is 5.04. The number of halogens is 1. The second-order valence-electron chi connectivity index (χ2n) is 3.36. The molecule has 0 radical (unpaired) electrons. The first kappa shape index (κ1) is 14.8. The van der Waals surface area contributed by atoms with Gasteiger partial charge in [0.05, 0.1) is 13.2 Å². The Morgan fingerprint density at radius 3 is 2.78 bits per heavy atom. The fourth-order valence-electron chi connectivity index (χ4n) is 1.09. The fourth-order valence-corrected chi connectivity index (χ4v) is 1.91. The lowest BCUT2D eigenvalue weighted by Crippen LogP contribution is -2.39. The zero-order chi connectivity index (χ0) is 13.5. The van der Waals surface area contributed by atoms with Gasteiger partial charge in [-0.3, -0.25) is 9.59 Å². The van der Waals surface area contributed by atoms with Crippen molar-refractivity contribution in [3.63, 3.8) is 0 Å². The van der Waals surface area contributed by atoms with Crippen LogP contribution in [-0.4, -0.2) is 60.8 Å². The summed E-state index contributed by atoms with van der Waals surface area (Å²) in [5, 5.41) is 9.91. The third-order valence-corrected chi connectivity index (χ3v) is 2.95. The molecule has 0 saturated carbocycles. The summed E-state index contributed by atoms with van der Waals surface area (Å²) in [5.74, 6) is -0.653. The Labute approximate surface area is 113 Å². The van der Waals surface area contributed by atoms with Crippen LogP contribution in [0.5, 0.6) is 0 Å². The molecule has 1 aromatic rings. The number of nitrogens with one attached hydrogen (secondary N) is 1. The van der Waals surface area contributed by atoms with Crippen LogP contribution in [0.15, 0.2) is 0 Å². The lowest BCUT2D eigenvalue weighted by molar-refractivity contribution is -0.121. The van der Waals surface area contributed by atoms with Gasteiger partial charge in [-0.25, -0.2) is 0 Å². The van der Waals surface area contributed by atoms with Crippen LogP contribution in [0.2, 0.25) is 4.47 Å². The van der Waals surface area contributed by atoms with Crippen molar-refractivity contribution in [2.75, 3.05) is 33.9 Å². The van der Waals surface area contributed by atoms with Gasteiger partial charge in [0.2, 0.25) is 15.4 Å². The zero-order valence-corrected chi connectivity index (χ0v) is 11.5. The highest BCUT2D eigenvalue weighted by molar-refractivity contribution is 7.17. The van der Waals surface area contributed by atoms with Gasteiger partial charge < -0.3 is 15.0 Å². The molecule has 0 saturated heterocycles. The van der Waals surface area contributed by atoms with E-state index in [0.717, 1.165) is 11.3 Å². The molecular formula is C9H13ClN4O3S. The van der Waals surface area contributed by atoms with Crippen LogP contribution in [0, 0.1) is 0 Å². The Balaban J connectivity index is 2.42. The van der Waals surface area contributed by atoms with Crippen LogP contribution in [0.4, 0.5) is 0 Å². The Kier molecular flexibility index (Phi) is 5.96. The van der Waals surface area contributed by atoms with Crippen LogP contribution in [0.25, 0.3) is 0 Å². The average molecular weight is 293 g/mol. The van der Waals surface area contributed by atoms with E-state index < -0.39 is 0 Å². The number of hydrogen-bond acceptors (Lipinski definition) is 6. The molecule has 18 heavy (non-hydrogen) atoms. The van der Waals surface area contributed by atoms with Gasteiger partial charge >= 0.3 is 0 Å². The maximum Gasteiger partial charge on any atom is 0.285 e. The smallest absolute Gasteiger partial charge is 0.285 e. The Hall–Kier alpha value is -1.25. The second kappa shape index (κ2) is 7.24. The number of hydrogen-bond donors (Lipinski definition) is 1. The van der Waals surface area contributed by atoms with E-state index in [0.29, 0.717) is 13.2 Å². The highest BCUT2D eigenvalue weighted by atomic mass is 35.5. The number of rotatable bonds is 6. The van der Waals surface area contributed by atoms with Gasteiger partial charge in [0.15, 0.2) is 0 Å². The largest absolute Gasteiger partial charge is 0.383 e. The van der Waals surface area contributed by atoms with Gasteiger partial charge in [0.1, 0.15) is 0 Å². The molecule has 0 aliphatic heterocycles. The molecule has 0 unspecified atom stereocenters. The van der Waals surface area contributed by atoms with Crippen molar-refractivity contribution in [1.82, 2.24) is 20.4 Å². The van der Waals surface area contributed by atoms with Gasteiger partial charge in [-0.05, 0) is 11.6 Å². The number of methoxy groups -OCH3 is 1. The van der Waals surface area contributed by atoms with Crippen molar-refractivity contribution in [2.24, 2.45) is 0 Å². The topological polar surface area (TPSA) is 84.4 Å². The molecule has 1 aromatic heterocycles. The van der Waals surface area contributed by atoms with E-state index in [1.165, 1.54) is 11.9 Å². The molecule has 9 heteroatoms. The molecule has 100 valence electrons. The van der Waals surface area contributed by atoms with Gasteiger partial charge in [0, 0.05) is 20.7 Å². The Morgan fingerprint density at radius 2 is 2.22 bits per heavy atom. The van der Waals surface area contributed by atoms with Crippen molar-refractivity contribution in [1.29, 1.82) is 0 Å². The molecule has 0 fully saturated rings. The molecule has 1 N–H and O–H groups in total. The van der Waals surface area contributed by atoms with Crippen molar-refractivity contribution in [3.05, 3.63) is 9.47 Å². The minimum atomic E-state index is -0.388. The lowest BCUT2D eigenvalue weighted by atomic mass is 10.4. The Bertz CT molecular complexity index is 426. The molecule has 0 atom stereocenters. The molecule has 0 aromatic carbocycles. The molecule has 2 amide bonds. The lowest BCUT2D eigenvalue weighted by Gasteiger charge is -2.14. The number of likely N-dealkylation sites (N-methyl/N-ethyl adjacent to an activating group) is 1. The van der Waals surface area contributed by atoms with Crippen molar-refractivity contribution in [2.45, 2.75) is 0 Å². The van der Waals surface area contributed by atoms with Crippen molar-refractivity contribution < 1.29 is 14.3 Å². The maximum absolute atomic E-state index is 11.8. The number of nitrogens with zero attached hydrogens (tertiary/aromatic N) is 3. The molecule has 1 heterocycles. The predicted molar refractivity (Wildman–Crippen MR) is 66.8 cm³/mol. The number of ether oxygens (including phenoxy) is 1. The van der Waals surface area contributed by atoms with Crippen LogP contribution >= 0.6 is 22.9 Å². The van der Waals surface area contributed by atoms with Crippen LogP contribution in [0.3, 0.4) is 0 Å². The summed E-state index contributed by atoms with van der Waals surface area (Å²) in [5.41, 5.74) is 0. The summed E-state index contributed by atoms with van der Waals surface area (Å²) in [4.78, 5) is 24.5. The first-order chi connectivity index (χ1) is 8.54. The molecule has 0 spiro atoms. The second-order valence-corrected chi connectivity index (χ2v) is 4.92. The summed E-state index contributed by atoms with van der Waals surface area (Å²) < 4.78 is 4.98. The highest BCUT2D eigenvalue weighted by Crippen LogP contribution is 2.15. The van der Waals surface area contributed by atoms with Gasteiger partial charge in [-0.2, -0.15) is 0 Å². The van der Waals surface area contributed by atoms with E-state index >= 15 is 0 Å². The zero-order valence-electron chi connectivity index (χ0n) is 9.97. The van der Waals surface area contributed by atoms with E-state index in [4.69, 9.17) is 16.3 Å². The number of amides is 2. The van der Waals surface area contributed by atoms with Crippen LogP contribution in [-0.2, 0) is 9.53 Å². The summed E-state index contributed by atoms with van der Waals surface area (Å²) in [6.07, 6.45) is 0. The molecule has 0 bridgehead atoms.